The van der Waals surface area contributed by atoms with E-state index in [-0.39, 0.29) is 19.0 Å². The van der Waals surface area contributed by atoms with Crippen LogP contribution in [0.25, 0.3) is 0 Å². The molecule has 0 aliphatic rings. The van der Waals surface area contributed by atoms with Crippen LogP contribution in [0.2, 0.25) is 0 Å². The Hall–Kier alpha value is -2.06. The molecule has 0 saturated carbocycles. The topological polar surface area (TPSA) is 55.8 Å². The summed E-state index contributed by atoms with van der Waals surface area (Å²) in [5.74, 6) is -1.48. The number of ether oxygens (including phenoxy) is 2. The average molecular weight is 433 g/mol. The van der Waals surface area contributed by atoms with Gasteiger partial charge in [-0.05, 0) is 25.1 Å². The summed E-state index contributed by atoms with van der Waals surface area (Å²) in [6.45, 7) is 1.26. The molecule has 0 spiro atoms. The van der Waals surface area contributed by atoms with E-state index in [0.717, 1.165) is 22.2 Å². The molecule has 8 heteroatoms. The quantitative estimate of drug-likeness (QED) is 0.689. The molecule has 0 aromatic heterocycles. The molecule has 0 unspecified atom stereocenters. The maximum absolute atomic E-state index is 13.3. The minimum atomic E-state index is -5.23. The second-order valence-electron chi connectivity index (χ2n) is 5.33. The first-order valence-electron chi connectivity index (χ1n) is 7.63. The molecular weight excluding hydrogens is 417 g/mol. The predicted molar refractivity (Wildman–Crippen MR) is 91.5 cm³/mol. The molecule has 0 saturated heterocycles. The largest absolute Gasteiger partial charge is 0.489 e. The van der Waals surface area contributed by atoms with Crippen molar-refractivity contribution in [2.24, 2.45) is 0 Å². The number of benzene rings is 2. The lowest BCUT2D eigenvalue weighted by Gasteiger charge is -2.28. The Labute approximate surface area is 156 Å². The number of carbonyl (C=O) groups is 1. The van der Waals surface area contributed by atoms with E-state index in [4.69, 9.17) is 4.74 Å². The molecule has 0 heterocycles. The lowest BCUT2D eigenvalue weighted by molar-refractivity contribution is -0.267. The van der Waals surface area contributed by atoms with Crippen LogP contribution in [-0.2, 0) is 21.7 Å². The fourth-order valence-electron chi connectivity index (χ4n) is 2.20. The number of hydrogen-bond donors (Lipinski definition) is 1. The summed E-state index contributed by atoms with van der Waals surface area (Å²) in [6, 6.07) is 11.8. The summed E-state index contributed by atoms with van der Waals surface area (Å²) >= 11 is 3.37. The molecule has 0 amide bonds. The molecule has 0 aliphatic carbocycles. The Balaban J connectivity index is 2.21. The van der Waals surface area contributed by atoms with Crippen molar-refractivity contribution in [1.82, 2.24) is 0 Å². The number of rotatable bonds is 6. The van der Waals surface area contributed by atoms with E-state index >= 15 is 0 Å². The second-order valence-corrected chi connectivity index (χ2v) is 6.19. The van der Waals surface area contributed by atoms with E-state index in [1.165, 1.54) is 19.1 Å². The van der Waals surface area contributed by atoms with Crippen LogP contribution >= 0.6 is 15.9 Å². The number of aliphatic hydroxyl groups is 1. The first kappa shape index (κ1) is 20.3. The zero-order valence-electron chi connectivity index (χ0n) is 13.7. The monoisotopic (exact) mass is 432 g/mol. The highest BCUT2D eigenvalue weighted by atomic mass is 79.9. The standard InChI is InChI=1S/C18H16BrF3O4/c1-2-25-16(23)17(24,18(20,21)22)13-7-9-14(10-8-13)26-11-12-5-3-4-6-15(12)19/h3-10,24H,2,11H2,1H3/t17-/m1/s1. The van der Waals surface area contributed by atoms with E-state index in [1.807, 2.05) is 24.3 Å². The van der Waals surface area contributed by atoms with Gasteiger partial charge in [0, 0.05) is 15.6 Å². The summed E-state index contributed by atoms with van der Waals surface area (Å²) < 4.78 is 50.6. The SMILES string of the molecule is CCOC(=O)[C@](O)(c1ccc(OCc2ccccc2Br)cc1)C(F)(F)F. The van der Waals surface area contributed by atoms with Gasteiger partial charge in [0.2, 0.25) is 0 Å². The highest BCUT2D eigenvalue weighted by Crippen LogP contribution is 2.40. The minimum absolute atomic E-state index is 0.197. The molecule has 2 rings (SSSR count). The van der Waals surface area contributed by atoms with Crippen molar-refractivity contribution in [2.45, 2.75) is 25.3 Å². The smallest absolute Gasteiger partial charge is 0.432 e. The number of carbonyl (C=O) groups excluding carboxylic acids is 1. The minimum Gasteiger partial charge on any atom is -0.489 e. The zero-order valence-corrected chi connectivity index (χ0v) is 15.3. The van der Waals surface area contributed by atoms with Crippen molar-refractivity contribution < 1.29 is 32.5 Å². The van der Waals surface area contributed by atoms with E-state index in [2.05, 4.69) is 20.7 Å². The van der Waals surface area contributed by atoms with E-state index in [0.29, 0.717) is 0 Å². The van der Waals surface area contributed by atoms with Crippen molar-refractivity contribution in [3.8, 4) is 5.75 Å². The molecule has 1 atom stereocenters. The Bertz CT molecular complexity index is 762. The molecule has 0 fully saturated rings. The van der Waals surface area contributed by atoms with Crippen LogP contribution in [0.1, 0.15) is 18.1 Å². The summed E-state index contributed by atoms with van der Waals surface area (Å²) in [5.41, 5.74) is -3.52. The highest BCUT2D eigenvalue weighted by molar-refractivity contribution is 9.10. The van der Waals surface area contributed by atoms with Crippen LogP contribution in [-0.4, -0.2) is 23.9 Å². The van der Waals surface area contributed by atoms with Crippen LogP contribution in [0.3, 0.4) is 0 Å². The maximum atomic E-state index is 13.3. The Morgan fingerprint density at radius 1 is 1.12 bits per heavy atom. The molecule has 2 aromatic rings. The number of hydrogen-bond acceptors (Lipinski definition) is 4. The van der Waals surface area contributed by atoms with Gasteiger partial charge < -0.3 is 14.6 Å². The summed E-state index contributed by atoms with van der Waals surface area (Å²) in [6.07, 6.45) is -5.23. The van der Waals surface area contributed by atoms with E-state index in [9.17, 15) is 23.1 Å². The van der Waals surface area contributed by atoms with Gasteiger partial charge in [-0.15, -0.1) is 0 Å². The van der Waals surface area contributed by atoms with Crippen molar-refractivity contribution >= 4 is 21.9 Å². The fourth-order valence-corrected chi connectivity index (χ4v) is 2.60. The van der Waals surface area contributed by atoms with Crippen LogP contribution in [0, 0.1) is 0 Å². The van der Waals surface area contributed by atoms with Gasteiger partial charge in [0.05, 0.1) is 6.61 Å². The van der Waals surface area contributed by atoms with E-state index < -0.39 is 23.3 Å². The molecule has 0 bridgehead atoms. The van der Waals surface area contributed by atoms with Gasteiger partial charge in [0.25, 0.3) is 5.60 Å². The van der Waals surface area contributed by atoms with Gasteiger partial charge in [-0.25, -0.2) is 4.79 Å². The maximum Gasteiger partial charge on any atom is 0.432 e. The van der Waals surface area contributed by atoms with Crippen LogP contribution < -0.4 is 4.74 Å². The van der Waals surface area contributed by atoms with Gasteiger partial charge in [-0.1, -0.05) is 46.3 Å². The third-order valence-electron chi connectivity index (χ3n) is 3.61. The van der Waals surface area contributed by atoms with Gasteiger partial charge in [-0.3, -0.25) is 0 Å². The number of esters is 1. The van der Waals surface area contributed by atoms with Crippen molar-refractivity contribution in [1.29, 1.82) is 0 Å². The van der Waals surface area contributed by atoms with Crippen LogP contribution in [0.5, 0.6) is 5.75 Å². The second kappa shape index (κ2) is 8.09. The van der Waals surface area contributed by atoms with Gasteiger partial charge in [-0.2, -0.15) is 13.2 Å². The van der Waals surface area contributed by atoms with Gasteiger partial charge in [0.1, 0.15) is 12.4 Å². The zero-order chi connectivity index (χ0) is 19.4. The molecule has 26 heavy (non-hydrogen) atoms. The number of halogens is 4. The fraction of sp³-hybridized carbons (Fsp3) is 0.278. The lowest BCUT2D eigenvalue weighted by Crippen LogP contribution is -2.50. The van der Waals surface area contributed by atoms with Crippen molar-refractivity contribution in [2.75, 3.05) is 6.61 Å². The Morgan fingerprint density at radius 2 is 1.73 bits per heavy atom. The van der Waals surface area contributed by atoms with Gasteiger partial charge >= 0.3 is 12.1 Å². The number of alkyl halides is 3. The van der Waals surface area contributed by atoms with Crippen LogP contribution in [0.4, 0.5) is 13.2 Å². The summed E-state index contributed by atoms with van der Waals surface area (Å²) in [7, 11) is 0. The third kappa shape index (κ3) is 4.19. The first-order chi connectivity index (χ1) is 12.2. The molecule has 0 radical (unpaired) electrons. The molecule has 0 aliphatic heterocycles. The van der Waals surface area contributed by atoms with Crippen molar-refractivity contribution in [3.63, 3.8) is 0 Å². The average Bonchev–Trinajstić information content (AvgIpc) is 2.60. The molecule has 4 nitrogen and oxygen atoms in total. The molecule has 1 N–H and O–H groups in total. The molecule has 2 aromatic carbocycles. The lowest BCUT2D eigenvalue weighted by atomic mass is 9.93. The van der Waals surface area contributed by atoms with Gasteiger partial charge in [0.15, 0.2) is 0 Å². The highest BCUT2D eigenvalue weighted by Gasteiger charge is 2.62. The Kier molecular flexibility index (Phi) is 6.30. The van der Waals surface area contributed by atoms with Crippen LogP contribution in [0.15, 0.2) is 53.0 Å². The van der Waals surface area contributed by atoms with Crippen molar-refractivity contribution in [3.05, 3.63) is 64.1 Å². The summed E-state index contributed by atoms with van der Waals surface area (Å²) in [4.78, 5) is 11.7. The van der Waals surface area contributed by atoms with E-state index in [1.54, 1.807) is 0 Å². The molecule has 140 valence electrons. The third-order valence-corrected chi connectivity index (χ3v) is 4.38. The summed E-state index contributed by atoms with van der Waals surface area (Å²) in [5, 5.41) is 10.0. The Morgan fingerprint density at radius 3 is 2.27 bits per heavy atom. The first-order valence-corrected chi connectivity index (χ1v) is 8.42. The predicted octanol–water partition coefficient (Wildman–Crippen LogP) is 4.34. The molecular formula is C18H16BrF3O4. The normalized spacial score (nSPS) is 13.8.